The molecule has 0 saturated heterocycles. The molecule has 1 atom stereocenters. The molecule has 7 nitrogen and oxygen atoms in total. The van der Waals surface area contributed by atoms with Crippen molar-refractivity contribution in [2.45, 2.75) is 25.3 Å². The van der Waals surface area contributed by atoms with Crippen LogP contribution in [-0.2, 0) is 11.2 Å². The number of fused-ring (bicyclic) bond motifs is 1. The molecule has 0 bridgehead atoms. The first-order chi connectivity index (χ1) is 13.4. The van der Waals surface area contributed by atoms with Crippen LogP contribution in [0.5, 0.6) is 0 Å². The SMILES string of the molecule is N#CC1=NC2=C(N[CH]1)[C@@H](NC(=O)Cc1cc3cc(F)c(F)cc3[nH]c1=O)CC2. The second kappa shape index (κ2) is 6.88. The molecule has 0 saturated carbocycles. The van der Waals surface area contributed by atoms with Gasteiger partial charge in [-0.2, -0.15) is 5.26 Å². The Kier molecular flexibility index (Phi) is 4.39. The molecular weight excluding hydrogens is 368 g/mol. The van der Waals surface area contributed by atoms with Gasteiger partial charge in [-0.05, 0) is 25.0 Å². The number of allylic oxidation sites excluding steroid dienone is 1. The number of carbonyl (C=O) groups is 1. The first-order valence-corrected chi connectivity index (χ1v) is 8.56. The van der Waals surface area contributed by atoms with Gasteiger partial charge < -0.3 is 15.6 Å². The van der Waals surface area contributed by atoms with Crippen LogP contribution in [0.3, 0.4) is 0 Å². The van der Waals surface area contributed by atoms with E-state index in [1.54, 1.807) is 0 Å². The summed E-state index contributed by atoms with van der Waals surface area (Å²) in [5, 5.41) is 15.0. The van der Waals surface area contributed by atoms with Crippen molar-refractivity contribution in [3.05, 3.63) is 63.7 Å². The molecule has 1 aliphatic heterocycles. The highest BCUT2D eigenvalue weighted by atomic mass is 19.2. The summed E-state index contributed by atoms with van der Waals surface area (Å²) in [6.45, 7) is 1.48. The number of benzene rings is 1. The number of halogens is 2. The summed E-state index contributed by atoms with van der Waals surface area (Å²) in [6, 6.07) is 4.92. The molecule has 141 valence electrons. The molecule has 2 aromatic rings. The molecule has 28 heavy (non-hydrogen) atoms. The van der Waals surface area contributed by atoms with E-state index < -0.39 is 17.2 Å². The lowest BCUT2D eigenvalue weighted by molar-refractivity contribution is -0.120. The molecule has 0 spiro atoms. The summed E-state index contributed by atoms with van der Waals surface area (Å²) in [6.07, 6.45) is 1.03. The highest BCUT2D eigenvalue weighted by Crippen LogP contribution is 2.28. The lowest BCUT2D eigenvalue weighted by atomic mass is 10.1. The van der Waals surface area contributed by atoms with Crippen LogP contribution >= 0.6 is 0 Å². The molecule has 1 radical (unpaired) electrons. The van der Waals surface area contributed by atoms with Crippen LogP contribution in [0.1, 0.15) is 18.4 Å². The zero-order valence-electron chi connectivity index (χ0n) is 14.5. The Morgan fingerprint density at radius 3 is 2.89 bits per heavy atom. The molecular formula is C19H14F2N5O2. The maximum absolute atomic E-state index is 13.4. The summed E-state index contributed by atoms with van der Waals surface area (Å²) < 4.78 is 26.7. The van der Waals surface area contributed by atoms with Gasteiger partial charge in [0.15, 0.2) is 11.6 Å². The second-order valence-corrected chi connectivity index (χ2v) is 6.57. The van der Waals surface area contributed by atoms with E-state index in [0.29, 0.717) is 18.2 Å². The minimum Gasteiger partial charge on any atom is -0.374 e. The highest BCUT2D eigenvalue weighted by Gasteiger charge is 2.30. The first kappa shape index (κ1) is 17.9. The molecule has 4 rings (SSSR count). The van der Waals surface area contributed by atoms with E-state index in [0.717, 1.165) is 23.5 Å². The van der Waals surface area contributed by atoms with Gasteiger partial charge >= 0.3 is 0 Å². The molecule has 1 amide bonds. The Bertz CT molecular complexity index is 1160. The van der Waals surface area contributed by atoms with Gasteiger partial charge in [0.05, 0.1) is 29.4 Å². The van der Waals surface area contributed by atoms with E-state index in [1.165, 1.54) is 12.6 Å². The van der Waals surface area contributed by atoms with Gasteiger partial charge in [-0.25, -0.2) is 13.8 Å². The lowest BCUT2D eigenvalue weighted by Gasteiger charge is -2.20. The van der Waals surface area contributed by atoms with E-state index in [1.807, 2.05) is 6.07 Å². The van der Waals surface area contributed by atoms with E-state index >= 15 is 0 Å². The van der Waals surface area contributed by atoms with Crippen LogP contribution in [0.15, 0.2) is 39.4 Å². The monoisotopic (exact) mass is 382 g/mol. The number of hydrogen-bond acceptors (Lipinski definition) is 5. The number of amides is 1. The highest BCUT2D eigenvalue weighted by molar-refractivity contribution is 6.06. The third kappa shape index (κ3) is 3.24. The van der Waals surface area contributed by atoms with Gasteiger partial charge in [0.25, 0.3) is 5.56 Å². The fraction of sp³-hybridized carbons (Fsp3) is 0.211. The van der Waals surface area contributed by atoms with E-state index in [-0.39, 0.29) is 35.2 Å². The first-order valence-electron chi connectivity index (χ1n) is 8.56. The van der Waals surface area contributed by atoms with Crippen molar-refractivity contribution in [3.63, 3.8) is 0 Å². The van der Waals surface area contributed by atoms with Gasteiger partial charge in [0.1, 0.15) is 18.3 Å². The number of aromatic amines is 1. The Hall–Kier alpha value is -3.54. The van der Waals surface area contributed by atoms with Gasteiger partial charge in [-0.15, -0.1) is 0 Å². The van der Waals surface area contributed by atoms with Crippen LogP contribution in [-0.4, -0.2) is 22.6 Å². The number of nitrogens with zero attached hydrogens (tertiary/aromatic N) is 2. The van der Waals surface area contributed by atoms with Crippen molar-refractivity contribution < 1.29 is 13.6 Å². The van der Waals surface area contributed by atoms with Crippen molar-refractivity contribution in [1.29, 1.82) is 5.26 Å². The maximum atomic E-state index is 13.4. The molecule has 1 aromatic carbocycles. The van der Waals surface area contributed by atoms with Crippen molar-refractivity contribution in [1.82, 2.24) is 15.6 Å². The van der Waals surface area contributed by atoms with Crippen molar-refractivity contribution >= 4 is 22.5 Å². The molecule has 2 heterocycles. The number of nitriles is 1. The van der Waals surface area contributed by atoms with Gasteiger partial charge in [-0.1, -0.05) is 0 Å². The summed E-state index contributed by atoms with van der Waals surface area (Å²) in [5.41, 5.74) is 1.51. The van der Waals surface area contributed by atoms with Crippen LogP contribution in [0.2, 0.25) is 0 Å². The Morgan fingerprint density at radius 1 is 1.32 bits per heavy atom. The minimum atomic E-state index is -1.06. The standard InChI is InChI=1S/C19H14F2N5O2/c20-12-4-9-3-10(19(28)26-16(9)6-13(12)21)5-17(27)25-15-2-1-14-18(15)23-8-11(7-22)24-14/h3-4,6,8,15,23H,1-2,5H2,(H,25,27)(H,26,28)/t15-/m0/s1. The summed E-state index contributed by atoms with van der Waals surface area (Å²) >= 11 is 0. The smallest absolute Gasteiger partial charge is 0.252 e. The zero-order valence-corrected chi connectivity index (χ0v) is 14.5. The Morgan fingerprint density at radius 2 is 2.11 bits per heavy atom. The quantitative estimate of drug-likeness (QED) is 0.748. The molecule has 1 aliphatic carbocycles. The largest absolute Gasteiger partial charge is 0.374 e. The van der Waals surface area contributed by atoms with Crippen LogP contribution < -0.4 is 16.2 Å². The Labute approximate surface area is 157 Å². The van der Waals surface area contributed by atoms with Gasteiger partial charge in [0.2, 0.25) is 5.91 Å². The van der Waals surface area contributed by atoms with Crippen LogP contribution in [0.25, 0.3) is 10.9 Å². The number of nitrogens with one attached hydrogen (secondary N) is 3. The topological polar surface area (TPSA) is 110 Å². The fourth-order valence-electron chi connectivity index (χ4n) is 3.38. The predicted molar refractivity (Wildman–Crippen MR) is 96.9 cm³/mol. The molecule has 9 heteroatoms. The van der Waals surface area contributed by atoms with Crippen molar-refractivity contribution in [2.24, 2.45) is 4.99 Å². The normalized spacial score (nSPS) is 18.3. The molecule has 0 fully saturated rings. The van der Waals surface area contributed by atoms with Crippen LogP contribution in [0.4, 0.5) is 8.78 Å². The number of aliphatic imine (C=N–C) groups is 1. The number of rotatable bonds is 3. The van der Waals surface area contributed by atoms with E-state index in [9.17, 15) is 18.4 Å². The van der Waals surface area contributed by atoms with Crippen molar-refractivity contribution in [3.8, 4) is 6.07 Å². The lowest BCUT2D eigenvalue weighted by Crippen LogP contribution is -2.40. The number of aromatic nitrogens is 1. The Balaban J connectivity index is 1.52. The number of carbonyl (C=O) groups excluding carboxylic acids is 1. The third-order valence-corrected chi connectivity index (χ3v) is 4.71. The summed E-state index contributed by atoms with van der Waals surface area (Å²) in [7, 11) is 0. The average Bonchev–Trinajstić information content (AvgIpc) is 3.06. The average molecular weight is 382 g/mol. The maximum Gasteiger partial charge on any atom is 0.252 e. The fourth-order valence-corrected chi connectivity index (χ4v) is 3.38. The van der Waals surface area contributed by atoms with Crippen LogP contribution in [0, 0.1) is 29.5 Å². The van der Waals surface area contributed by atoms with E-state index in [2.05, 4.69) is 20.6 Å². The molecule has 2 aliphatic rings. The number of pyridine rings is 1. The van der Waals surface area contributed by atoms with Gasteiger partial charge in [0, 0.05) is 17.0 Å². The summed E-state index contributed by atoms with van der Waals surface area (Å²) in [5.74, 6) is -2.47. The predicted octanol–water partition coefficient (Wildman–Crippen LogP) is 1.57. The summed E-state index contributed by atoms with van der Waals surface area (Å²) in [4.78, 5) is 31.3. The minimum absolute atomic E-state index is 0.149. The van der Waals surface area contributed by atoms with Gasteiger partial charge in [-0.3, -0.25) is 9.59 Å². The van der Waals surface area contributed by atoms with E-state index in [4.69, 9.17) is 5.26 Å². The number of hydrogen-bond donors (Lipinski definition) is 3. The number of H-pyrrole nitrogens is 1. The molecule has 0 unspecified atom stereocenters. The molecule has 1 aromatic heterocycles. The van der Waals surface area contributed by atoms with Crippen molar-refractivity contribution in [2.75, 3.05) is 0 Å². The third-order valence-electron chi connectivity index (χ3n) is 4.71. The second-order valence-electron chi connectivity index (χ2n) is 6.57. The zero-order chi connectivity index (χ0) is 19.8. The molecule has 3 N–H and O–H groups in total.